The molecule has 0 saturated heterocycles. The summed E-state index contributed by atoms with van der Waals surface area (Å²) in [6, 6.07) is 7.10. The molecule has 6 nitrogen and oxygen atoms in total. The predicted molar refractivity (Wildman–Crippen MR) is 108 cm³/mol. The van der Waals surface area contributed by atoms with Crippen molar-refractivity contribution in [2.45, 2.75) is 52.6 Å². The van der Waals surface area contributed by atoms with Gasteiger partial charge in [-0.2, -0.15) is 0 Å². The van der Waals surface area contributed by atoms with Crippen LogP contribution in [0.25, 0.3) is 0 Å². The third kappa shape index (κ3) is 10.3. The van der Waals surface area contributed by atoms with Crippen LogP contribution in [0.2, 0.25) is 0 Å². The average Bonchev–Trinajstić information content (AvgIpc) is 2.57. The first-order valence-electron chi connectivity index (χ1n) is 9.00. The van der Waals surface area contributed by atoms with Gasteiger partial charge in [0.05, 0.1) is 0 Å². The molecule has 1 rings (SSSR count). The third-order valence-electron chi connectivity index (χ3n) is 3.83. The Balaban J connectivity index is 0.00000625. The highest BCUT2D eigenvalue weighted by atomic mass is 35.5. The first-order valence-corrected chi connectivity index (χ1v) is 9.00. The van der Waals surface area contributed by atoms with Crippen LogP contribution in [0.4, 0.5) is 4.79 Å². The van der Waals surface area contributed by atoms with E-state index >= 15 is 0 Å². The van der Waals surface area contributed by atoms with Crippen molar-refractivity contribution in [1.82, 2.24) is 16.0 Å². The van der Waals surface area contributed by atoms with Gasteiger partial charge in [0.2, 0.25) is 5.91 Å². The second-order valence-corrected chi connectivity index (χ2v) is 6.78. The molecule has 0 radical (unpaired) electrons. The molecule has 26 heavy (non-hydrogen) atoms. The van der Waals surface area contributed by atoms with Gasteiger partial charge in [-0.25, -0.2) is 4.79 Å². The molecule has 148 valence electrons. The Morgan fingerprint density at radius 3 is 2.31 bits per heavy atom. The topological polar surface area (TPSA) is 96.2 Å². The largest absolute Gasteiger partial charge is 0.354 e. The fourth-order valence-electron chi connectivity index (χ4n) is 2.40. The maximum Gasteiger partial charge on any atom is 0.315 e. The third-order valence-corrected chi connectivity index (χ3v) is 3.83. The molecule has 1 unspecified atom stereocenters. The Kier molecular flexibility index (Phi) is 12.5. The molecule has 0 aliphatic carbocycles. The molecule has 0 saturated carbocycles. The van der Waals surface area contributed by atoms with Crippen LogP contribution in [-0.2, 0) is 11.3 Å². The predicted octanol–water partition coefficient (Wildman–Crippen LogP) is 2.49. The summed E-state index contributed by atoms with van der Waals surface area (Å²) in [5, 5.41) is 8.46. The van der Waals surface area contributed by atoms with Crippen molar-refractivity contribution in [3.63, 3.8) is 0 Å². The minimum atomic E-state index is -0.532. The zero-order valence-corrected chi connectivity index (χ0v) is 16.8. The number of carbonyl (C=O) groups is 2. The molecule has 1 aromatic rings. The van der Waals surface area contributed by atoms with E-state index in [4.69, 9.17) is 5.73 Å². The highest BCUT2D eigenvalue weighted by Crippen LogP contribution is 2.06. The van der Waals surface area contributed by atoms with Crippen molar-refractivity contribution < 1.29 is 9.59 Å². The number of benzene rings is 1. The molecular formula is C19H33ClN4O2. The number of nitrogens with one attached hydrogen (secondary N) is 3. The number of hydrogen-bond donors (Lipinski definition) is 4. The van der Waals surface area contributed by atoms with Crippen LogP contribution in [0.5, 0.6) is 0 Å². The average molecular weight is 385 g/mol. The Hall–Kier alpha value is -1.79. The Morgan fingerprint density at radius 2 is 1.73 bits per heavy atom. The zero-order valence-electron chi connectivity index (χ0n) is 16.0. The van der Waals surface area contributed by atoms with Crippen LogP contribution in [0.1, 0.15) is 44.2 Å². The van der Waals surface area contributed by atoms with E-state index in [1.165, 1.54) is 5.56 Å². The fourth-order valence-corrected chi connectivity index (χ4v) is 2.40. The lowest BCUT2D eigenvalue weighted by atomic mass is 10.0. The molecule has 3 amide bonds. The van der Waals surface area contributed by atoms with Gasteiger partial charge in [-0.3, -0.25) is 4.79 Å². The maximum atomic E-state index is 12.3. The van der Waals surface area contributed by atoms with Gasteiger partial charge in [0.25, 0.3) is 0 Å². The molecule has 0 aromatic heterocycles. The first-order chi connectivity index (χ1) is 11.9. The van der Waals surface area contributed by atoms with Crippen molar-refractivity contribution >= 4 is 24.3 Å². The summed E-state index contributed by atoms with van der Waals surface area (Å²) in [4.78, 5) is 24.4. The molecule has 0 heterocycles. The van der Waals surface area contributed by atoms with Crippen LogP contribution in [-0.4, -0.2) is 31.1 Å². The number of unbranched alkanes of at least 4 members (excludes halogenated alkanes) is 1. The summed E-state index contributed by atoms with van der Waals surface area (Å²) in [6.07, 6.45) is 2.32. The summed E-state index contributed by atoms with van der Waals surface area (Å²) < 4.78 is 0. The SMILES string of the molecule is Cc1ccc(CNC(=O)NC(CC(C)C)C(=O)NCCCCN)cc1.Cl. The summed E-state index contributed by atoms with van der Waals surface area (Å²) in [6.45, 7) is 7.70. The highest BCUT2D eigenvalue weighted by Gasteiger charge is 2.21. The number of carbonyl (C=O) groups excluding carboxylic acids is 2. The molecular weight excluding hydrogens is 352 g/mol. The van der Waals surface area contributed by atoms with Gasteiger partial charge in [0.1, 0.15) is 6.04 Å². The van der Waals surface area contributed by atoms with Gasteiger partial charge in [0.15, 0.2) is 0 Å². The van der Waals surface area contributed by atoms with Gasteiger partial charge in [-0.15, -0.1) is 12.4 Å². The number of nitrogens with two attached hydrogens (primary N) is 1. The van der Waals surface area contributed by atoms with E-state index < -0.39 is 6.04 Å². The summed E-state index contributed by atoms with van der Waals surface area (Å²) in [7, 11) is 0. The van der Waals surface area contributed by atoms with Crippen LogP contribution < -0.4 is 21.7 Å². The van der Waals surface area contributed by atoms with Crippen LogP contribution >= 0.6 is 12.4 Å². The molecule has 0 aliphatic rings. The molecule has 7 heteroatoms. The number of aryl methyl sites for hydroxylation is 1. The molecule has 0 aliphatic heterocycles. The molecule has 0 spiro atoms. The van der Waals surface area contributed by atoms with Crippen LogP contribution in [0, 0.1) is 12.8 Å². The van der Waals surface area contributed by atoms with Gasteiger partial charge < -0.3 is 21.7 Å². The summed E-state index contributed by atoms with van der Waals surface area (Å²) in [5.41, 5.74) is 7.65. The number of hydrogen-bond acceptors (Lipinski definition) is 3. The smallest absolute Gasteiger partial charge is 0.315 e. The molecule has 0 bridgehead atoms. The number of urea groups is 1. The second-order valence-electron chi connectivity index (χ2n) is 6.78. The Labute approximate surface area is 163 Å². The minimum Gasteiger partial charge on any atom is -0.354 e. The molecule has 5 N–H and O–H groups in total. The normalized spacial score (nSPS) is 11.4. The zero-order chi connectivity index (χ0) is 18.7. The van der Waals surface area contributed by atoms with E-state index in [0.717, 1.165) is 18.4 Å². The molecule has 0 fully saturated rings. The minimum absolute atomic E-state index is 0. The van der Waals surface area contributed by atoms with E-state index in [1.54, 1.807) is 0 Å². The van der Waals surface area contributed by atoms with E-state index in [9.17, 15) is 9.59 Å². The standard InChI is InChI=1S/C19H32N4O2.ClH/c1-14(2)12-17(18(24)21-11-5-4-10-20)23-19(25)22-13-16-8-6-15(3)7-9-16;/h6-9,14,17H,4-5,10-13,20H2,1-3H3,(H,21,24)(H2,22,23,25);1H. The van der Waals surface area contributed by atoms with E-state index in [-0.39, 0.29) is 24.3 Å². The first kappa shape index (κ1) is 24.2. The number of amides is 3. The molecule has 1 atom stereocenters. The summed E-state index contributed by atoms with van der Waals surface area (Å²) in [5.74, 6) is 0.161. The lowest BCUT2D eigenvalue weighted by molar-refractivity contribution is -0.123. The second kappa shape index (κ2) is 13.4. The Bertz CT molecular complexity index is 535. The number of halogens is 1. The quantitative estimate of drug-likeness (QED) is 0.466. The monoisotopic (exact) mass is 384 g/mol. The van der Waals surface area contributed by atoms with E-state index in [1.807, 2.05) is 45.0 Å². The van der Waals surface area contributed by atoms with Crippen molar-refractivity contribution in [1.29, 1.82) is 0 Å². The molecule has 1 aromatic carbocycles. The maximum absolute atomic E-state index is 12.3. The lowest BCUT2D eigenvalue weighted by Crippen LogP contribution is -2.50. The highest BCUT2D eigenvalue weighted by molar-refractivity contribution is 5.87. The lowest BCUT2D eigenvalue weighted by Gasteiger charge is -2.20. The van der Waals surface area contributed by atoms with Crippen LogP contribution in [0.3, 0.4) is 0 Å². The van der Waals surface area contributed by atoms with Crippen molar-refractivity contribution in [2.75, 3.05) is 13.1 Å². The van der Waals surface area contributed by atoms with Gasteiger partial charge in [0, 0.05) is 13.1 Å². The van der Waals surface area contributed by atoms with E-state index in [2.05, 4.69) is 16.0 Å². The van der Waals surface area contributed by atoms with Crippen molar-refractivity contribution in [2.24, 2.45) is 11.7 Å². The van der Waals surface area contributed by atoms with Crippen molar-refractivity contribution in [3.8, 4) is 0 Å². The van der Waals surface area contributed by atoms with Gasteiger partial charge in [-0.1, -0.05) is 43.7 Å². The van der Waals surface area contributed by atoms with E-state index in [0.29, 0.717) is 32.0 Å². The van der Waals surface area contributed by atoms with Gasteiger partial charge >= 0.3 is 6.03 Å². The number of rotatable bonds is 10. The van der Waals surface area contributed by atoms with Crippen molar-refractivity contribution in [3.05, 3.63) is 35.4 Å². The fraction of sp³-hybridized carbons (Fsp3) is 0.579. The van der Waals surface area contributed by atoms with Gasteiger partial charge in [-0.05, 0) is 44.2 Å². The summed E-state index contributed by atoms with van der Waals surface area (Å²) >= 11 is 0. The Morgan fingerprint density at radius 1 is 1.08 bits per heavy atom. The van der Waals surface area contributed by atoms with Crippen LogP contribution in [0.15, 0.2) is 24.3 Å².